The molecule has 0 aromatic carbocycles. The van der Waals surface area contributed by atoms with E-state index in [0.717, 1.165) is 37.4 Å². The van der Waals surface area contributed by atoms with Crippen LogP contribution >= 0.6 is 11.6 Å². The number of nitrogens with zero attached hydrogens (tertiary/aromatic N) is 3. The lowest BCUT2D eigenvalue weighted by molar-refractivity contribution is 0.522. The molecule has 0 aliphatic carbocycles. The maximum Gasteiger partial charge on any atom is 0.132 e. The third-order valence-electron chi connectivity index (χ3n) is 3.11. The van der Waals surface area contributed by atoms with Gasteiger partial charge in [-0.25, -0.2) is 4.98 Å². The van der Waals surface area contributed by atoms with Gasteiger partial charge in [0.1, 0.15) is 11.9 Å². The molecule has 0 saturated heterocycles. The Hall–Kier alpha value is -1.39. The first-order valence-electron chi connectivity index (χ1n) is 7.12. The standard InChI is InChI=1S/C15H21ClN4/c1-3-7-17-14(13-6-5-12(16)11-19-13)15-18-8-10-20(15)9-4-2/h5-6,8,10-11,14,17H,3-4,7,9H2,1-2H3. The van der Waals surface area contributed by atoms with E-state index in [-0.39, 0.29) is 6.04 Å². The van der Waals surface area contributed by atoms with Crippen molar-refractivity contribution in [3.05, 3.63) is 47.3 Å². The molecule has 0 bridgehead atoms. The van der Waals surface area contributed by atoms with E-state index in [0.29, 0.717) is 5.02 Å². The van der Waals surface area contributed by atoms with Crippen LogP contribution in [0.25, 0.3) is 0 Å². The summed E-state index contributed by atoms with van der Waals surface area (Å²) in [5.74, 6) is 1.01. The minimum Gasteiger partial charge on any atom is -0.333 e. The van der Waals surface area contributed by atoms with Crippen molar-refractivity contribution in [2.75, 3.05) is 6.54 Å². The number of aromatic nitrogens is 3. The molecule has 2 aromatic rings. The van der Waals surface area contributed by atoms with Gasteiger partial charge in [-0.1, -0.05) is 25.4 Å². The first kappa shape index (κ1) is 15.0. The van der Waals surface area contributed by atoms with Crippen molar-refractivity contribution in [2.24, 2.45) is 0 Å². The van der Waals surface area contributed by atoms with E-state index in [1.165, 1.54) is 0 Å². The lowest BCUT2D eigenvalue weighted by atomic mass is 10.1. The Kier molecular flexibility index (Phi) is 5.56. The van der Waals surface area contributed by atoms with Crippen molar-refractivity contribution >= 4 is 11.6 Å². The van der Waals surface area contributed by atoms with E-state index >= 15 is 0 Å². The Labute approximate surface area is 125 Å². The normalized spacial score (nSPS) is 12.6. The highest BCUT2D eigenvalue weighted by molar-refractivity contribution is 6.30. The van der Waals surface area contributed by atoms with Gasteiger partial charge < -0.3 is 9.88 Å². The SMILES string of the molecule is CCCNC(c1ccc(Cl)cn1)c1nccn1CCC. The topological polar surface area (TPSA) is 42.7 Å². The van der Waals surface area contributed by atoms with Crippen molar-refractivity contribution in [1.29, 1.82) is 0 Å². The molecule has 20 heavy (non-hydrogen) atoms. The van der Waals surface area contributed by atoms with Crippen LogP contribution in [0.15, 0.2) is 30.7 Å². The molecule has 5 heteroatoms. The van der Waals surface area contributed by atoms with Crippen LogP contribution in [0.3, 0.4) is 0 Å². The van der Waals surface area contributed by atoms with Crippen LogP contribution in [0.4, 0.5) is 0 Å². The van der Waals surface area contributed by atoms with Gasteiger partial charge in [0, 0.05) is 25.1 Å². The van der Waals surface area contributed by atoms with Gasteiger partial charge in [-0.05, 0) is 31.5 Å². The summed E-state index contributed by atoms with van der Waals surface area (Å²) in [4.78, 5) is 8.96. The molecule has 4 nitrogen and oxygen atoms in total. The molecule has 2 heterocycles. The molecule has 1 atom stereocenters. The molecule has 0 aliphatic heterocycles. The first-order valence-corrected chi connectivity index (χ1v) is 7.50. The summed E-state index contributed by atoms with van der Waals surface area (Å²) in [7, 11) is 0. The lowest BCUT2D eigenvalue weighted by Gasteiger charge is -2.19. The monoisotopic (exact) mass is 292 g/mol. The molecule has 0 radical (unpaired) electrons. The van der Waals surface area contributed by atoms with E-state index in [2.05, 4.69) is 33.7 Å². The van der Waals surface area contributed by atoms with E-state index in [9.17, 15) is 0 Å². The molecular formula is C15H21ClN4. The number of hydrogen-bond donors (Lipinski definition) is 1. The highest BCUT2D eigenvalue weighted by Crippen LogP contribution is 2.20. The molecule has 0 saturated carbocycles. The third kappa shape index (κ3) is 3.58. The first-order chi connectivity index (χ1) is 9.76. The van der Waals surface area contributed by atoms with E-state index < -0.39 is 0 Å². The summed E-state index contributed by atoms with van der Waals surface area (Å²) >= 11 is 5.92. The largest absolute Gasteiger partial charge is 0.333 e. The van der Waals surface area contributed by atoms with Crippen LogP contribution < -0.4 is 5.32 Å². The summed E-state index contributed by atoms with van der Waals surface area (Å²) in [6.07, 6.45) is 7.71. The third-order valence-corrected chi connectivity index (χ3v) is 3.34. The van der Waals surface area contributed by atoms with E-state index in [1.54, 1.807) is 6.20 Å². The zero-order valence-corrected chi connectivity index (χ0v) is 12.8. The van der Waals surface area contributed by atoms with Crippen LogP contribution in [0.2, 0.25) is 5.02 Å². The van der Waals surface area contributed by atoms with E-state index in [1.807, 2.05) is 24.5 Å². The molecule has 0 aliphatic rings. The number of nitrogens with one attached hydrogen (secondary N) is 1. The van der Waals surface area contributed by atoms with Crippen molar-refractivity contribution in [1.82, 2.24) is 19.9 Å². The number of pyridine rings is 1. The van der Waals surface area contributed by atoms with E-state index in [4.69, 9.17) is 11.6 Å². The van der Waals surface area contributed by atoms with Crippen molar-refractivity contribution in [3.8, 4) is 0 Å². The quantitative estimate of drug-likeness (QED) is 0.850. The summed E-state index contributed by atoms with van der Waals surface area (Å²) in [5, 5.41) is 4.17. The predicted octanol–water partition coefficient (Wildman–Crippen LogP) is 3.43. The molecule has 2 aromatic heterocycles. The fraction of sp³-hybridized carbons (Fsp3) is 0.467. The van der Waals surface area contributed by atoms with Gasteiger partial charge in [0.05, 0.1) is 10.7 Å². The van der Waals surface area contributed by atoms with Crippen LogP contribution in [0, 0.1) is 0 Å². The van der Waals surface area contributed by atoms with Gasteiger partial charge in [0.2, 0.25) is 0 Å². The molecule has 1 N–H and O–H groups in total. The summed E-state index contributed by atoms with van der Waals surface area (Å²) < 4.78 is 2.18. The zero-order chi connectivity index (χ0) is 14.4. The minimum atomic E-state index is 0.00812. The van der Waals surface area contributed by atoms with Crippen LogP contribution in [-0.4, -0.2) is 21.1 Å². The Bertz CT molecular complexity index is 521. The van der Waals surface area contributed by atoms with Crippen molar-refractivity contribution in [3.63, 3.8) is 0 Å². The van der Waals surface area contributed by atoms with Gasteiger partial charge in [0.25, 0.3) is 0 Å². The summed E-state index contributed by atoms with van der Waals surface area (Å²) in [5.41, 5.74) is 0.950. The molecule has 0 spiro atoms. The van der Waals surface area contributed by atoms with Gasteiger partial charge in [0.15, 0.2) is 0 Å². The molecule has 0 amide bonds. The Balaban J connectivity index is 2.31. The number of rotatable bonds is 7. The Morgan fingerprint density at radius 2 is 2.10 bits per heavy atom. The Morgan fingerprint density at radius 3 is 2.75 bits per heavy atom. The van der Waals surface area contributed by atoms with Crippen LogP contribution in [0.5, 0.6) is 0 Å². The zero-order valence-electron chi connectivity index (χ0n) is 12.0. The molecule has 1 unspecified atom stereocenters. The summed E-state index contributed by atoms with van der Waals surface area (Å²) in [6, 6.07) is 3.84. The maximum atomic E-state index is 5.92. The molecule has 2 rings (SSSR count). The highest BCUT2D eigenvalue weighted by Gasteiger charge is 2.19. The maximum absolute atomic E-state index is 5.92. The smallest absolute Gasteiger partial charge is 0.132 e. The second-order valence-electron chi connectivity index (χ2n) is 4.77. The summed E-state index contributed by atoms with van der Waals surface area (Å²) in [6.45, 7) is 6.21. The average Bonchev–Trinajstić information content (AvgIpc) is 2.90. The average molecular weight is 293 g/mol. The molecule has 108 valence electrons. The number of aryl methyl sites for hydroxylation is 1. The van der Waals surface area contributed by atoms with Crippen LogP contribution in [-0.2, 0) is 6.54 Å². The van der Waals surface area contributed by atoms with Gasteiger partial charge in [-0.2, -0.15) is 0 Å². The minimum absolute atomic E-state index is 0.00812. The second kappa shape index (κ2) is 7.41. The number of halogens is 1. The van der Waals surface area contributed by atoms with Gasteiger partial charge in [-0.15, -0.1) is 0 Å². The van der Waals surface area contributed by atoms with Gasteiger partial charge >= 0.3 is 0 Å². The Morgan fingerprint density at radius 1 is 1.25 bits per heavy atom. The number of imidazole rings is 1. The van der Waals surface area contributed by atoms with Crippen LogP contribution in [0.1, 0.15) is 44.2 Å². The molecule has 0 fully saturated rings. The van der Waals surface area contributed by atoms with Gasteiger partial charge in [-0.3, -0.25) is 4.98 Å². The fourth-order valence-corrected chi connectivity index (χ4v) is 2.30. The highest BCUT2D eigenvalue weighted by atomic mass is 35.5. The lowest BCUT2D eigenvalue weighted by Crippen LogP contribution is -2.27. The second-order valence-corrected chi connectivity index (χ2v) is 5.20. The fourth-order valence-electron chi connectivity index (χ4n) is 2.19. The number of hydrogen-bond acceptors (Lipinski definition) is 3. The van der Waals surface area contributed by atoms with Crippen molar-refractivity contribution < 1.29 is 0 Å². The molecular weight excluding hydrogens is 272 g/mol. The van der Waals surface area contributed by atoms with Crippen molar-refractivity contribution in [2.45, 2.75) is 39.3 Å². The predicted molar refractivity (Wildman–Crippen MR) is 81.9 cm³/mol.